The fourth-order valence-electron chi connectivity index (χ4n) is 3.42. The number of benzene rings is 1. The zero-order valence-electron chi connectivity index (χ0n) is 11.5. The number of aryl methyl sites for hydroxylation is 1. The van der Waals surface area contributed by atoms with E-state index >= 15 is 0 Å². The zero-order valence-corrected chi connectivity index (χ0v) is 11.5. The first-order valence-corrected chi connectivity index (χ1v) is 6.95. The molecule has 0 fully saturated rings. The first kappa shape index (κ1) is 12.3. The molecule has 1 heterocycles. The van der Waals surface area contributed by atoms with Crippen molar-refractivity contribution in [3.8, 4) is 5.75 Å². The molecule has 3 rings (SSSR count). The number of aromatic nitrogens is 1. The summed E-state index contributed by atoms with van der Waals surface area (Å²) in [5.41, 5.74) is 3.72. The quantitative estimate of drug-likeness (QED) is 0.790. The summed E-state index contributed by atoms with van der Waals surface area (Å²) in [6.45, 7) is 3.09. The maximum atomic E-state index is 11.4. The van der Waals surface area contributed by atoms with Crippen molar-refractivity contribution >= 4 is 17.2 Å². The molecule has 3 heteroatoms. The van der Waals surface area contributed by atoms with Gasteiger partial charge in [-0.3, -0.25) is 0 Å². The van der Waals surface area contributed by atoms with Gasteiger partial charge < -0.3 is 14.1 Å². The molecule has 1 unspecified atom stereocenters. The van der Waals surface area contributed by atoms with E-state index < -0.39 is 0 Å². The minimum Gasteiger partial charge on any atom is -0.496 e. The maximum Gasteiger partial charge on any atom is 0.128 e. The molecule has 3 nitrogen and oxygen atoms in total. The van der Waals surface area contributed by atoms with Crippen LogP contribution in [0.1, 0.15) is 36.9 Å². The van der Waals surface area contributed by atoms with Gasteiger partial charge in [0.05, 0.1) is 12.6 Å². The first-order chi connectivity index (χ1) is 9.31. The Balaban J connectivity index is 2.41. The molecule has 2 aromatic rings. The normalized spacial score (nSPS) is 18.3. The second-order valence-corrected chi connectivity index (χ2v) is 5.09. The standard InChI is InChI=1S/C16H19NO2/c1-3-17-12-7-4-6-11(10-18)15(12)16-13(17)8-5-9-14(16)19-2/h5,8-11H,3-4,6-7H2,1-2H3. The molecule has 100 valence electrons. The van der Waals surface area contributed by atoms with E-state index in [0.717, 1.165) is 43.2 Å². The fraction of sp³-hybridized carbons (Fsp3) is 0.438. The van der Waals surface area contributed by atoms with Crippen molar-refractivity contribution in [2.75, 3.05) is 7.11 Å². The Hall–Kier alpha value is -1.77. The zero-order chi connectivity index (χ0) is 13.4. The molecule has 1 aliphatic rings. The van der Waals surface area contributed by atoms with Gasteiger partial charge in [0, 0.05) is 23.5 Å². The molecule has 0 radical (unpaired) electrons. The predicted molar refractivity (Wildman–Crippen MR) is 75.9 cm³/mol. The van der Waals surface area contributed by atoms with Crippen LogP contribution in [-0.2, 0) is 17.8 Å². The highest BCUT2D eigenvalue weighted by atomic mass is 16.5. The fourth-order valence-corrected chi connectivity index (χ4v) is 3.42. The van der Waals surface area contributed by atoms with Crippen LogP contribution in [0.4, 0.5) is 0 Å². The number of rotatable bonds is 3. The summed E-state index contributed by atoms with van der Waals surface area (Å²) in [6.07, 6.45) is 4.21. The van der Waals surface area contributed by atoms with E-state index in [-0.39, 0.29) is 5.92 Å². The second kappa shape index (κ2) is 4.72. The molecule has 0 amide bonds. The number of nitrogens with zero attached hydrogens (tertiary/aromatic N) is 1. The summed E-state index contributed by atoms with van der Waals surface area (Å²) in [5, 5.41) is 1.14. The molecular weight excluding hydrogens is 238 g/mol. The van der Waals surface area contributed by atoms with Gasteiger partial charge in [-0.2, -0.15) is 0 Å². The first-order valence-electron chi connectivity index (χ1n) is 6.95. The molecule has 1 aromatic carbocycles. The van der Waals surface area contributed by atoms with Gasteiger partial charge in [0.1, 0.15) is 12.0 Å². The molecule has 0 saturated heterocycles. The molecule has 0 spiro atoms. The maximum absolute atomic E-state index is 11.4. The van der Waals surface area contributed by atoms with Crippen molar-refractivity contribution in [2.24, 2.45) is 0 Å². The number of hydrogen-bond acceptors (Lipinski definition) is 2. The lowest BCUT2D eigenvalue weighted by Gasteiger charge is -2.20. The molecule has 19 heavy (non-hydrogen) atoms. The summed E-state index contributed by atoms with van der Waals surface area (Å²) in [5.74, 6) is 0.907. The molecule has 1 aliphatic carbocycles. The Kier molecular flexibility index (Phi) is 3.05. The van der Waals surface area contributed by atoms with Gasteiger partial charge in [0.15, 0.2) is 0 Å². The number of carbonyl (C=O) groups excluding carboxylic acids is 1. The van der Waals surface area contributed by atoms with Crippen molar-refractivity contribution in [3.05, 3.63) is 29.5 Å². The number of methoxy groups -OCH3 is 1. The number of aldehydes is 1. The van der Waals surface area contributed by atoms with E-state index in [1.54, 1.807) is 7.11 Å². The number of fused-ring (bicyclic) bond motifs is 3. The lowest BCUT2D eigenvalue weighted by molar-refractivity contribution is -0.109. The van der Waals surface area contributed by atoms with Gasteiger partial charge >= 0.3 is 0 Å². The van der Waals surface area contributed by atoms with Crippen LogP contribution in [0.15, 0.2) is 18.2 Å². The molecule has 0 saturated carbocycles. The van der Waals surface area contributed by atoms with Crippen LogP contribution in [0.3, 0.4) is 0 Å². The average molecular weight is 257 g/mol. The van der Waals surface area contributed by atoms with Gasteiger partial charge in [-0.15, -0.1) is 0 Å². The highest BCUT2D eigenvalue weighted by Crippen LogP contribution is 2.42. The van der Waals surface area contributed by atoms with E-state index in [1.165, 1.54) is 16.8 Å². The third-order valence-electron chi connectivity index (χ3n) is 4.20. The summed E-state index contributed by atoms with van der Waals surface area (Å²) in [4.78, 5) is 11.4. The summed E-state index contributed by atoms with van der Waals surface area (Å²) in [6, 6.07) is 6.13. The highest BCUT2D eigenvalue weighted by molar-refractivity contribution is 5.94. The van der Waals surface area contributed by atoms with Gasteiger partial charge in [-0.1, -0.05) is 6.07 Å². The lowest BCUT2D eigenvalue weighted by atomic mass is 9.86. The molecule has 0 bridgehead atoms. The van der Waals surface area contributed by atoms with Crippen molar-refractivity contribution < 1.29 is 9.53 Å². The minimum atomic E-state index is 0.0235. The summed E-state index contributed by atoms with van der Waals surface area (Å²) < 4.78 is 7.85. The minimum absolute atomic E-state index is 0.0235. The molecule has 1 aromatic heterocycles. The lowest BCUT2D eigenvalue weighted by Crippen LogP contribution is -2.12. The Morgan fingerprint density at radius 1 is 1.47 bits per heavy atom. The smallest absolute Gasteiger partial charge is 0.128 e. The summed E-state index contributed by atoms with van der Waals surface area (Å²) in [7, 11) is 1.70. The Bertz CT molecular complexity index is 627. The SMILES string of the molecule is CCn1c2c(c3c(OC)cccc31)C(C=O)CCC2. The topological polar surface area (TPSA) is 31.2 Å². The molecule has 0 N–H and O–H groups in total. The van der Waals surface area contributed by atoms with Gasteiger partial charge in [0.2, 0.25) is 0 Å². The monoisotopic (exact) mass is 257 g/mol. The van der Waals surface area contributed by atoms with Crippen molar-refractivity contribution in [1.29, 1.82) is 0 Å². The van der Waals surface area contributed by atoms with E-state index in [1.807, 2.05) is 12.1 Å². The summed E-state index contributed by atoms with van der Waals surface area (Å²) >= 11 is 0. The molecular formula is C16H19NO2. The molecule has 1 atom stereocenters. The van der Waals surface area contributed by atoms with E-state index in [9.17, 15) is 4.79 Å². The van der Waals surface area contributed by atoms with Crippen LogP contribution in [0.2, 0.25) is 0 Å². The van der Waals surface area contributed by atoms with Gasteiger partial charge in [-0.25, -0.2) is 0 Å². The molecule has 0 aliphatic heterocycles. The highest BCUT2D eigenvalue weighted by Gasteiger charge is 2.28. The Labute approximate surface area is 113 Å². The van der Waals surface area contributed by atoms with Gasteiger partial charge in [0.25, 0.3) is 0 Å². The van der Waals surface area contributed by atoms with Crippen LogP contribution in [-0.4, -0.2) is 18.0 Å². The van der Waals surface area contributed by atoms with E-state index in [2.05, 4.69) is 17.6 Å². The van der Waals surface area contributed by atoms with Crippen LogP contribution in [0.25, 0.3) is 10.9 Å². The number of ether oxygens (including phenoxy) is 1. The van der Waals surface area contributed by atoms with Crippen molar-refractivity contribution in [2.45, 2.75) is 38.6 Å². The third-order valence-corrected chi connectivity index (χ3v) is 4.20. The Morgan fingerprint density at radius 2 is 2.32 bits per heavy atom. The largest absolute Gasteiger partial charge is 0.496 e. The second-order valence-electron chi connectivity index (χ2n) is 5.09. The van der Waals surface area contributed by atoms with Crippen molar-refractivity contribution in [3.63, 3.8) is 0 Å². The van der Waals surface area contributed by atoms with Crippen LogP contribution in [0.5, 0.6) is 5.75 Å². The average Bonchev–Trinajstić information content (AvgIpc) is 2.80. The number of hydrogen-bond donors (Lipinski definition) is 0. The predicted octanol–water partition coefficient (Wildman–Crippen LogP) is 3.29. The van der Waals surface area contributed by atoms with E-state index in [4.69, 9.17) is 4.74 Å². The van der Waals surface area contributed by atoms with Crippen LogP contribution < -0.4 is 4.74 Å². The van der Waals surface area contributed by atoms with Crippen molar-refractivity contribution in [1.82, 2.24) is 4.57 Å². The number of carbonyl (C=O) groups is 1. The van der Waals surface area contributed by atoms with Gasteiger partial charge in [-0.05, 0) is 43.9 Å². The van der Waals surface area contributed by atoms with Crippen LogP contribution in [0, 0.1) is 0 Å². The van der Waals surface area contributed by atoms with E-state index in [0.29, 0.717) is 0 Å². The Morgan fingerprint density at radius 3 is 3.00 bits per heavy atom. The third kappa shape index (κ3) is 1.68. The van der Waals surface area contributed by atoms with Crippen LogP contribution >= 0.6 is 0 Å².